The third kappa shape index (κ3) is 67.7. The molecule has 0 atom stereocenters. The highest BCUT2D eigenvalue weighted by molar-refractivity contribution is 7.85. The van der Waals surface area contributed by atoms with Gasteiger partial charge in [-0.3, -0.25) is 9.11 Å². The Kier molecular flexibility index (Phi) is 13.1. The van der Waals surface area contributed by atoms with E-state index in [4.69, 9.17) is 19.3 Å². The quantitative estimate of drug-likeness (QED) is 0.376. The van der Waals surface area contributed by atoms with Crippen LogP contribution in [0.15, 0.2) is 0 Å². The van der Waals surface area contributed by atoms with Crippen LogP contribution < -0.4 is 0 Å². The van der Waals surface area contributed by atoms with E-state index in [1.165, 1.54) is 20.8 Å². The van der Waals surface area contributed by atoms with Crippen LogP contribution in [0, 0.1) is 0 Å². The van der Waals surface area contributed by atoms with Crippen molar-refractivity contribution in [1.82, 2.24) is 0 Å². The first-order valence-corrected chi connectivity index (χ1v) is 7.34. The zero-order chi connectivity index (χ0) is 14.0. The first kappa shape index (κ1) is 21.1. The first-order chi connectivity index (χ1) is 6.85. The molecule has 0 aromatic rings. The van der Waals surface area contributed by atoms with Gasteiger partial charge in [0, 0.05) is 0 Å². The molecule has 8 nitrogen and oxygen atoms in total. The third-order valence-electron chi connectivity index (χ3n) is 0.730. The molecule has 0 aliphatic heterocycles. The van der Waals surface area contributed by atoms with Gasteiger partial charge in [-0.2, -0.15) is 16.8 Å². The third-order valence-corrected chi connectivity index (χ3v) is 2.19. The van der Waals surface area contributed by atoms with Crippen LogP contribution in [0.5, 0.6) is 0 Å². The van der Waals surface area contributed by atoms with Crippen molar-refractivity contribution in [3.8, 4) is 0 Å². The van der Waals surface area contributed by atoms with Gasteiger partial charge in [-0.15, -0.1) is 0 Å². The van der Waals surface area contributed by atoms with E-state index in [0.29, 0.717) is 0 Å². The molecule has 0 saturated heterocycles. The molecule has 0 aliphatic rings. The van der Waals surface area contributed by atoms with Crippen molar-refractivity contribution in [3.63, 3.8) is 0 Å². The minimum absolute atomic E-state index is 0.201. The summed E-state index contributed by atoms with van der Waals surface area (Å²) in [6.45, 7) is 4.02. The molecule has 0 aromatic carbocycles. The second kappa shape index (κ2) is 9.93. The van der Waals surface area contributed by atoms with E-state index in [1.807, 2.05) is 0 Å². The van der Waals surface area contributed by atoms with Crippen LogP contribution in [-0.4, -0.2) is 53.9 Å². The second-order valence-electron chi connectivity index (χ2n) is 2.37. The molecule has 102 valence electrons. The summed E-state index contributed by atoms with van der Waals surface area (Å²) in [5, 5.41) is 15.2. The highest BCUT2D eigenvalue weighted by Crippen LogP contribution is 1.74. The lowest BCUT2D eigenvalue weighted by Crippen LogP contribution is -1.97. The summed E-state index contributed by atoms with van der Waals surface area (Å²) in [5.41, 5.74) is 0. The molecule has 0 bridgehead atoms. The van der Waals surface area contributed by atoms with Gasteiger partial charge in [0.2, 0.25) is 0 Å². The van der Waals surface area contributed by atoms with Gasteiger partial charge in [-0.05, 0) is 20.8 Å². The lowest BCUT2D eigenvalue weighted by Gasteiger charge is -1.80. The summed E-state index contributed by atoms with van der Waals surface area (Å²) in [4.78, 5) is 0. The Morgan fingerprint density at radius 3 is 0.938 bits per heavy atom. The van der Waals surface area contributed by atoms with Gasteiger partial charge in [0.05, 0.1) is 11.5 Å². The minimum atomic E-state index is -3.66. The van der Waals surface area contributed by atoms with E-state index in [-0.39, 0.29) is 11.5 Å². The Hall–Kier alpha value is -0.260. The SMILES string of the molecule is CC(O)O.CCS(=O)(=O)O.CCS(=O)(=O)O. The molecule has 0 fully saturated rings. The van der Waals surface area contributed by atoms with Crippen molar-refractivity contribution < 1.29 is 36.2 Å². The maximum atomic E-state index is 9.56. The highest BCUT2D eigenvalue weighted by Gasteiger charge is 1.93. The smallest absolute Gasteiger partial charge is 0.264 e. The number of rotatable bonds is 2. The highest BCUT2D eigenvalue weighted by atomic mass is 32.2. The number of aliphatic hydroxyl groups excluding tert-OH is 1. The van der Waals surface area contributed by atoms with Crippen LogP contribution in [0.25, 0.3) is 0 Å². The number of hydrogen-bond donors (Lipinski definition) is 4. The van der Waals surface area contributed by atoms with Gasteiger partial charge in [-0.1, -0.05) is 0 Å². The Morgan fingerprint density at radius 2 is 0.938 bits per heavy atom. The standard InChI is InChI=1S/2C2H6O3S.C2H6O2/c2*1-2-6(3,4)5;1-2(3)4/h2*2H2,1H3,(H,3,4,5);2-4H,1H3. The fourth-order valence-corrected chi connectivity index (χ4v) is 0. The summed E-state index contributed by atoms with van der Waals surface area (Å²) < 4.78 is 53.8. The molecule has 0 amide bonds. The Morgan fingerprint density at radius 1 is 0.875 bits per heavy atom. The lowest BCUT2D eigenvalue weighted by atomic mass is 10.8. The van der Waals surface area contributed by atoms with Crippen molar-refractivity contribution in [2.75, 3.05) is 11.5 Å². The van der Waals surface area contributed by atoms with Crippen molar-refractivity contribution in [3.05, 3.63) is 0 Å². The first-order valence-electron chi connectivity index (χ1n) is 4.12. The minimum Gasteiger partial charge on any atom is -0.368 e. The van der Waals surface area contributed by atoms with Crippen LogP contribution in [0.4, 0.5) is 0 Å². The Bertz CT molecular complexity index is 293. The second-order valence-corrected chi connectivity index (χ2v) is 5.86. The van der Waals surface area contributed by atoms with Crippen molar-refractivity contribution in [2.24, 2.45) is 0 Å². The summed E-state index contributed by atoms with van der Waals surface area (Å²) in [6.07, 6.45) is -1.17. The van der Waals surface area contributed by atoms with Gasteiger partial charge in [0.25, 0.3) is 20.2 Å². The summed E-state index contributed by atoms with van der Waals surface area (Å²) in [7, 11) is -7.32. The number of aliphatic hydroxyl groups is 2. The molecule has 0 aliphatic carbocycles. The molecular formula is C6H18O8S2. The largest absolute Gasteiger partial charge is 0.368 e. The Balaban J connectivity index is -0.000000162. The molecule has 0 spiro atoms. The fraction of sp³-hybridized carbons (Fsp3) is 1.00. The topological polar surface area (TPSA) is 149 Å². The van der Waals surface area contributed by atoms with E-state index >= 15 is 0 Å². The van der Waals surface area contributed by atoms with Crippen molar-refractivity contribution in [1.29, 1.82) is 0 Å². The van der Waals surface area contributed by atoms with Crippen LogP contribution >= 0.6 is 0 Å². The van der Waals surface area contributed by atoms with Crippen LogP contribution in [0.3, 0.4) is 0 Å². The average Bonchev–Trinajstić information content (AvgIpc) is 2.02. The van der Waals surface area contributed by atoms with Crippen LogP contribution in [0.1, 0.15) is 20.8 Å². The monoisotopic (exact) mass is 282 g/mol. The Labute approximate surface area is 95.4 Å². The molecule has 0 heterocycles. The molecule has 0 aromatic heterocycles. The maximum Gasteiger partial charge on any atom is 0.264 e. The van der Waals surface area contributed by atoms with Crippen LogP contribution in [-0.2, 0) is 20.2 Å². The predicted molar refractivity (Wildman–Crippen MR) is 58.1 cm³/mol. The number of hydrogen-bond acceptors (Lipinski definition) is 6. The molecule has 4 N–H and O–H groups in total. The zero-order valence-electron chi connectivity index (χ0n) is 9.23. The molecule has 0 saturated carbocycles. The summed E-state index contributed by atoms with van der Waals surface area (Å²) in [5.74, 6) is -0.403. The van der Waals surface area contributed by atoms with Crippen molar-refractivity contribution in [2.45, 2.75) is 27.1 Å². The average molecular weight is 282 g/mol. The molecule has 0 radical (unpaired) electrons. The molecule has 10 heteroatoms. The summed E-state index contributed by atoms with van der Waals surface area (Å²) >= 11 is 0. The van der Waals surface area contributed by atoms with Gasteiger partial charge >= 0.3 is 0 Å². The van der Waals surface area contributed by atoms with Gasteiger partial charge in [-0.25, -0.2) is 0 Å². The molecular weight excluding hydrogens is 264 g/mol. The van der Waals surface area contributed by atoms with E-state index < -0.39 is 26.5 Å². The van der Waals surface area contributed by atoms with Gasteiger partial charge in [0.1, 0.15) is 6.29 Å². The molecule has 0 rings (SSSR count). The van der Waals surface area contributed by atoms with Crippen molar-refractivity contribution >= 4 is 20.2 Å². The lowest BCUT2D eigenvalue weighted by molar-refractivity contribution is -0.0228. The predicted octanol–water partition coefficient (Wildman–Crippen LogP) is -0.895. The van der Waals surface area contributed by atoms with E-state index in [1.54, 1.807) is 0 Å². The maximum absolute atomic E-state index is 9.56. The fourth-order valence-electron chi connectivity index (χ4n) is 0. The van der Waals surface area contributed by atoms with Gasteiger partial charge < -0.3 is 10.2 Å². The molecule has 16 heavy (non-hydrogen) atoms. The van der Waals surface area contributed by atoms with E-state index in [2.05, 4.69) is 0 Å². The van der Waals surface area contributed by atoms with E-state index in [0.717, 1.165) is 0 Å². The summed E-state index contributed by atoms with van der Waals surface area (Å²) in [6, 6.07) is 0. The normalized spacial score (nSPS) is 11.0. The zero-order valence-corrected chi connectivity index (χ0v) is 10.9. The van der Waals surface area contributed by atoms with Crippen LogP contribution in [0.2, 0.25) is 0 Å². The van der Waals surface area contributed by atoms with Gasteiger partial charge in [0.15, 0.2) is 0 Å². The molecule has 0 unspecified atom stereocenters. The van der Waals surface area contributed by atoms with E-state index in [9.17, 15) is 16.8 Å².